The van der Waals surface area contributed by atoms with Crippen molar-refractivity contribution in [3.8, 4) is 0 Å². The van der Waals surface area contributed by atoms with Gasteiger partial charge in [-0.25, -0.2) is 4.57 Å². The number of aliphatic hydroxyl groups is 2. The Morgan fingerprint density at radius 3 is 1.72 bits per heavy atom. The Hall–Kier alpha value is -0.800. The van der Waals surface area contributed by atoms with E-state index in [1.54, 1.807) is 0 Å². The van der Waals surface area contributed by atoms with E-state index in [2.05, 4.69) is 31.3 Å². The molecule has 0 aliphatic heterocycles. The Morgan fingerprint density at radius 2 is 1.17 bits per heavy atom. The highest BCUT2D eigenvalue weighted by atomic mass is 31.2. The molecule has 0 heterocycles. The van der Waals surface area contributed by atoms with Crippen LogP contribution < -0.4 is 11.1 Å². The monoisotopic (exact) mass is 677 g/mol. The number of phosphoric ester groups is 1. The topological polar surface area (TPSA) is 151 Å². The molecule has 0 saturated carbocycles. The number of hydrogen-bond donors (Lipinski definition) is 5. The van der Waals surface area contributed by atoms with E-state index in [1.807, 2.05) is 0 Å². The standard InChI is InChI=1S/C36H73N2O7P/c1-3-5-7-9-11-13-15-16-17-18-20-22-24-26-28-35(40)34(32-45-46(42,43)44-30-29-37)38-36(41)31-33(39)27-25-23-21-19-14-12-10-8-6-4-2/h12,14,33-35,39-40H,3-11,13,15-32,37H2,1-2H3,(H,38,41)(H,42,43)/b14-12-. The number of nitrogens with two attached hydrogens (primary N) is 1. The largest absolute Gasteiger partial charge is 0.472 e. The van der Waals surface area contributed by atoms with E-state index in [4.69, 9.17) is 14.8 Å². The number of hydrogen-bond acceptors (Lipinski definition) is 7. The molecule has 0 spiro atoms. The van der Waals surface area contributed by atoms with Gasteiger partial charge < -0.3 is 26.2 Å². The highest BCUT2D eigenvalue weighted by molar-refractivity contribution is 7.47. The van der Waals surface area contributed by atoms with E-state index in [-0.39, 0.29) is 26.2 Å². The zero-order valence-corrected chi connectivity index (χ0v) is 30.6. The number of carbonyl (C=O) groups is 1. The first-order valence-electron chi connectivity index (χ1n) is 18.9. The van der Waals surface area contributed by atoms with Crippen LogP contribution >= 0.6 is 7.82 Å². The summed E-state index contributed by atoms with van der Waals surface area (Å²) in [6, 6.07) is -0.896. The zero-order chi connectivity index (χ0) is 34.1. The zero-order valence-electron chi connectivity index (χ0n) is 29.7. The summed E-state index contributed by atoms with van der Waals surface area (Å²) in [7, 11) is -4.37. The lowest BCUT2D eigenvalue weighted by Crippen LogP contribution is -2.47. The summed E-state index contributed by atoms with van der Waals surface area (Å²) < 4.78 is 22.0. The van der Waals surface area contributed by atoms with Crippen LogP contribution in [0.5, 0.6) is 0 Å². The second kappa shape index (κ2) is 32.7. The number of rotatable bonds is 35. The first kappa shape index (κ1) is 45.2. The Morgan fingerprint density at radius 1 is 0.717 bits per heavy atom. The van der Waals surface area contributed by atoms with Crippen molar-refractivity contribution in [2.24, 2.45) is 5.73 Å². The Balaban J connectivity index is 4.39. The number of unbranched alkanes of at least 4 members (excludes halogenated alkanes) is 19. The van der Waals surface area contributed by atoms with Crippen molar-refractivity contribution in [2.45, 2.75) is 193 Å². The Labute approximate surface area is 282 Å². The van der Waals surface area contributed by atoms with Crippen molar-refractivity contribution in [1.29, 1.82) is 0 Å². The van der Waals surface area contributed by atoms with Crippen LogP contribution in [0.4, 0.5) is 0 Å². The van der Waals surface area contributed by atoms with Gasteiger partial charge in [-0.3, -0.25) is 13.8 Å². The smallest absolute Gasteiger partial charge is 0.393 e. The molecule has 10 heteroatoms. The van der Waals surface area contributed by atoms with Gasteiger partial charge in [0.2, 0.25) is 5.91 Å². The van der Waals surface area contributed by atoms with E-state index in [9.17, 15) is 24.5 Å². The number of carbonyl (C=O) groups excluding carboxylic acids is 1. The molecule has 6 N–H and O–H groups in total. The predicted octanol–water partition coefficient (Wildman–Crippen LogP) is 8.63. The van der Waals surface area contributed by atoms with E-state index in [1.165, 1.54) is 89.9 Å². The van der Waals surface area contributed by atoms with Gasteiger partial charge in [-0.2, -0.15) is 0 Å². The molecule has 0 aliphatic carbocycles. The molecular weight excluding hydrogens is 603 g/mol. The molecule has 0 bridgehead atoms. The minimum Gasteiger partial charge on any atom is -0.393 e. The summed E-state index contributed by atoms with van der Waals surface area (Å²) in [5.74, 6) is -0.424. The average Bonchev–Trinajstić information content (AvgIpc) is 3.03. The SMILES string of the molecule is CCCCC/C=C\CCCCCC(O)CC(=O)NC(COP(=O)(O)OCCN)C(O)CCCCCCCCCCCCCCCC. The molecule has 0 fully saturated rings. The van der Waals surface area contributed by atoms with Crippen molar-refractivity contribution in [3.63, 3.8) is 0 Å². The minimum atomic E-state index is -4.37. The third-order valence-corrected chi connectivity index (χ3v) is 9.41. The van der Waals surface area contributed by atoms with Crippen molar-refractivity contribution in [1.82, 2.24) is 5.32 Å². The Bertz CT molecular complexity index is 756. The molecule has 0 aromatic carbocycles. The Kier molecular flexibility index (Phi) is 32.2. The summed E-state index contributed by atoms with van der Waals surface area (Å²) in [5, 5.41) is 24.0. The van der Waals surface area contributed by atoms with Gasteiger partial charge in [-0.1, -0.05) is 142 Å². The van der Waals surface area contributed by atoms with Gasteiger partial charge in [0.05, 0.1) is 37.9 Å². The lowest BCUT2D eigenvalue weighted by molar-refractivity contribution is -0.125. The maximum Gasteiger partial charge on any atom is 0.472 e. The minimum absolute atomic E-state index is 0.0590. The fourth-order valence-electron chi connectivity index (χ4n) is 5.53. The lowest BCUT2D eigenvalue weighted by atomic mass is 10.0. The van der Waals surface area contributed by atoms with Gasteiger partial charge in [0.25, 0.3) is 0 Å². The molecule has 0 aliphatic rings. The molecule has 0 rings (SSSR count). The van der Waals surface area contributed by atoms with Crippen LogP contribution in [0.25, 0.3) is 0 Å². The van der Waals surface area contributed by atoms with Gasteiger partial charge >= 0.3 is 7.82 Å². The van der Waals surface area contributed by atoms with Gasteiger partial charge in [0.1, 0.15) is 0 Å². The van der Waals surface area contributed by atoms with Gasteiger partial charge in [-0.15, -0.1) is 0 Å². The molecule has 9 nitrogen and oxygen atoms in total. The highest BCUT2D eigenvalue weighted by Gasteiger charge is 2.28. The summed E-state index contributed by atoms with van der Waals surface area (Å²) in [5.41, 5.74) is 5.34. The quantitative estimate of drug-likeness (QED) is 0.0254. The first-order valence-corrected chi connectivity index (χ1v) is 20.4. The molecule has 0 radical (unpaired) electrons. The van der Waals surface area contributed by atoms with Crippen LogP contribution in [0, 0.1) is 0 Å². The van der Waals surface area contributed by atoms with Crippen molar-refractivity contribution in [2.75, 3.05) is 19.8 Å². The summed E-state index contributed by atoms with van der Waals surface area (Å²) in [4.78, 5) is 22.6. The highest BCUT2D eigenvalue weighted by Crippen LogP contribution is 2.43. The van der Waals surface area contributed by atoms with E-state index in [0.717, 1.165) is 51.4 Å². The average molecular weight is 677 g/mol. The molecule has 0 aromatic heterocycles. The third kappa shape index (κ3) is 30.5. The predicted molar refractivity (Wildman–Crippen MR) is 191 cm³/mol. The molecule has 0 saturated heterocycles. The molecule has 1 amide bonds. The van der Waals surface area contributed by atoms with Crippen LogP contribution in [0.2, 0.25) is 0 Å². The number of phosphoric acid groups is 1. The molecule has 4 atom stereocenters. The molecule has 274 valence electrons. The van der Waals surface area contributed by atoms with Crippen LogP contribution in [0.15, 0.2) is 12.2 Å². The summed E-state index contributed by atoms with van der Waals surface area (Å²) >= 11 is 0. The van der Waals surface area contributed by atoms with Gasteiger partial charge in [0, 0.05) is 6.54 Å². The van der Waals surface area contributed by atoms with Gasteiger partial charge in [0.15, 0.2) is 0 Å². The summed E-state index contributed by atoms with van der Waals surface area (Å²) in [6.45, 7) is 3.99. The molecular formula is C36H73N2O7P. The van der Waals surface area contributed by atoms with Crippen molar-refractivity contribution < 1.29 is 33.5 Å². The number of nitrogens with one attached hydrogen (secondary N) is 1. The molecule has 46 heavy (non-hydrogen) atoms. The number of amides is 1. The van der Waals surface area contributed by atoms with E-state index < -0.39 is 32.0 Å². The van der Waals surface area contributed by atoms with Crippen molar-refractivity contribution >= 4 is 13.7 Å². The van der Waals surface area contributed by atoms with E-state index in [0.29, 0.717) is 12.8 Å². The third-order valence-electron chi connectivity index (χ3n) is 8.42. The normalized spacial score (nSPS) is 15.2. The van der Waals surface area contributed by atoms with Crippen molar-refractivity contribution in [3.05, 3.63) is 12.2 Å². The molecule has 4 unspecified atom stereocenters. The van der Waals surface area contributed by atoms with E-state index >= 15 is 0 Å². The fraction of sp³-hybridized carbons (Fsp3) is 0.917. The van der Waals surface area contributed by atoms with Crippen LogP contribution in [-0.2, 0) is 18.4 Å². The van der Waals surface area contributed by atoms with Crippen LogP contribution in [0.3, 0.4) is 0 Å². The van der Waals surface area contributed by atoms with Crippen LogP contribution in [-0.4, -0.2) is 59.0 Å². The maximum absolute atomic E-state index is 12.7. The fourth-order valence-corrected chi connectivity index (χ4v) is 6.29. The lowest BCUT2D eigenvalue weighted by Gasteiger charge is -2.25. The number of allylic oxidation sites excluding steroid dienone is 2. The van der Waals surface area contributed by atoms with Crippen LogP contribution in [0.1, 0.15) is 174 Å². The second-order valence-corrected chi connectivity index (χ2v) is 14.4. The second-order valence-electron chi connectivity index (χ2n) is 13.0. The maximum atomic E-state index is 12.7. The first-order chi connectivity index (χ1) is 22.3. The number of aliphatic hydroxyl groups excluding tert-OH is 2. The summed E-state index contributed by atoms with van der Waals surface area (Å²) in [6.07, 6.45) is 29.7. The molecule has 0 aromatic rings. The van der Waals surface area contributed by atoms with Gasteiger partial charge in [-0.05, 0) is 38.5 Å².